The van der Waals surface area contributed by atoms with E-state index < -0.39 is 0 Å². The van der Waals surface area contributed by atoms with E-state index in [4.69, 9.17) is 19.4 Å². The molecule has 0 unspecified atom stereocenters. The largest absolute Gasteiger partial charge is 0.456 e. The lowest BCUT2D eigenvalue weighted by Crippen LogP contribution is -2.00. The van der Waals surface area contributed by atoms with Gasteiger partial charge >= 0.3 is 0 Å². The summed E-state index contributed by atoms with van der Waals surface area (Å²) in [6.07, 6.45) is 0. The summed E-state index contributed by atoms with van der Waals surface area (Å²) in [5.74, 6) is 1.91. The molecule has 0 spiro atoms. The van der Waals surface area contributed by atoms with Gasteiger partial charge in [0.2, 0.25) is 0 Å². The Kier molecular flexibility index (Phi) is 5.78. The molecule has 2 heterocycles. The van der Waals surface area contributed by atoms with Crippen LogP contribution in [0.2, 0.25) is 0 Å². The molecule has 9 rings (SSSR count). The van der Waals surface area contributed by atoms with Crippen LogP contribution in [0.5, 0.6) is 0 Å². The van der Waals surface area contributed by atoms with Gasteiger partial charge in [-0.05, 0) is 51.2 Å². The van der Waals surface area contributed by atoms with E-state index in [1.165, 1.54) is 11.1 Å². The second-order valence-corrected chi connectivity index (χ2v) is 11.3. The highest BCUT2D eigenvalue weighted by atomic mass is 16.3. The maximum absolute atomic E-state index is 6.21. The zero-order valence-electron chi connectivity index (χ0n) is 24.2. The Morgan fingerprint density at radius 1 is 0.356 bits per heavy atom. The van der Waals surface area contributed by atoms with Crippen LogP contribution in [0.4, 0.5) is 0 Å². The molecule has 0 bridgehead atoms. The molecule has 0 aliphatic carbocycles. The molecule has 7 aromatic carbocycles. The maximum Gasteiger partial charge on any atom is 0.164 e. The Bertz CT molecular complexity index is 2450. The molecule has 0 saturated carbocycles. The molecule has 0 saturated heterocycles. The lowest BCUT2D eigenvalue weighted by molar-refractivity contribution is 0.669. The monoisotopic (exact) mass is 575 g/mol. The van der Waals surface area contributed by atoms with Gasteiger partial charge in [-0.25, -0.2) is 15.0 Å². The van der Waals surface area contributed by atoms with Crippen LogP contribution in [0.15, 0.2) is 156 Å². The fourth-order valence-corrected chi connectivity index (χ4v) is 6.30. The summed E-state index contributed by atoms with van der Waals surface area (Å²) in [6.45, 7) is 0. The third-order valence-corrected chi connectivity index (χ3v) is 8.52. The van der Waals surface area contributed by atoms with E-state index >= 15 is 0 Å². The second-order valence-electron chi connectivity index (χ2n) is 11.3. The molecule has 4 heteroatoms. The molecule has 0 amide bonds. The molecule has 0 aliphatic rings. The molecular weight excluding hydrogens is 550 g/mol. The van der Waals surface area contributed by atoms with E-state index in [2.05, 4.69) is 91.0 Å². The molecule has 2 aromatic heterocycles. The predicted octanol–water partition coefficient (Wildman–Crippen LogP) is 10.7. The first-order chi connectivity index (χ1) is 22.3. The van der Waals surface area contributed by atoms with Crippen LogP contribution in [-0.4, -0.2) is 15.0 Å². The highest BCUT2D eigenvalue weighted by Crippen LogP contribution is 2.41. The number of furan rings is 1. The molecule has 210 valence electrons. The number of aromatic nitrogens is 3. The van der Waals surface area contributed by atoms with Crippen molar-refractivity contribution in [3.05, 3.63) is 152 Å². The van der Waals surface area contributed by atoms with E-state index in [1.807, 2.05) is 60.7 Å². The Morgan fingerprint density at radius 3 is 1.44 bits per heavy atom. The van der Waals surface area contributed by atoms with E-state index in [1.54, 1.807) is 0 Å². The van der Waals surface area contributed by atoms with Crippen LogP contribution in [0.1, 0.15) is 0 Å². The van der Waals surface area contributed by atoms with Crippen molar-refractivity contribution in [1.29, 1.82) is 0 Å². The average Bonchev–Trinajstić information content (AvgIpc) is 3.51. The maximum atomic E-state index is 6.21. The molecule has 0 fully saturated rings. The summed E-state index contributed by atoms with van der Waals surface area (Å²) >= 11 is 0. The summed E-state index contributed by atoms with van der Waals surface area (Å²) < 4.78 is 6.21. The first-order valence-corrected chi connectivity index (χ1v) is 15.0. The predicted molar refractivity (Wildman–Crippen MR) is 183 cm³/mol. The van der Waals surface area contributed by atoms with Crippen molar-refractivity contribution >= 4 is 32.7 Å². The highest BCUT2D eigenvalue weighted by molar-refractivity contribution is 6.24. The first-order valence-electron chi connectivity index (χ1n) is 15.0. The van der Waals surface area contributed by atoms with Gasteiger partial charge in [0.15, 0.2) is 17.5 Å². The van der Waals surface area contributed by atoms with Crippen molar-refractivity contribution < 1.29 is 4.42 Å². The van der Waals surface area contributed by atoms with E-state index in [0.29, 0.717) is 17.5 Å². The van der Waals surface area contributed by atoms with Gasteiger partial charge in [-0.15, -0.1) is 0 Å². The zero-order valence-corrected chi connectivity index (χ0v) is 24.2. The SMILES string of the molecule is c1ccc(-c2ccc(-c3ccc(-c4nc(-c5ccccc5)nc(-c5cc6cccc7oc8cccc5c8c67)n4)cc3)cc2)cc1. The summed E-state index contributed by atoms with van der Waals surface area (Å²) in [6, 6.07) is 52.2. The summed E-state index contributed by atoms with van der Waals surface area (Å²) in [5, 5.41) is 4.41. The van der Waals surface area contributed by atoms with Crippen molar-refractivity contribution in [1.82, 2.24) is 15.0 Å². The lowest BCUT2D eigenvalue weighted by atomic mass is 9.97. The minimum absolute atomic E-state index is 0.633. The number of rotatable bonds is 5. The van der Waals surface area contributed by atoms with Crippen LogP contribution in [0.3, 0.4) is 0 Å². The van der Waals surface area contributed by atoms with Crippen LogP contribution < -0.4 is 0 Å². The minimum atomic E-state index is 0.633. The quantitative estimate of drug-likeness (QED) is 0.192. The Hall–Kier alpha value is -6.13. The second kappa shape index (κ2) is 10.2. The fraction of sp³-hybridized carbons (Fsp3) is 0. The van der Waals surface area contributed by atoms with Gasteiger partial charge in [0.05, 0.1) is 0 Å². The minimum Gasteiger partial charge on any atom is -0.456 e. The number of hydrogen-bond acceptors (Lipinski definition) is 4. The zero-order chi connectivity index (χ0) is 29.7. The molecule has 0 aliphatic heterocycles. The van der Waals surface area contributed by atoms with Crippen molar-refractivity contribution in [2.24, 2.45) is 0 Å². The number of nitrogens with zero attached hydrogens (tertiary/aromatic N) is 3. The molecule has 9 aromatic rings. The molecule has 0 N–H and O–H groups in total. The van der Waals surface area contributed by atoms with Crippen LogP contribution >= 0.6 is 0 Å². The third-order valence-electron chi connectivity index (χ3n) is 8.52. The average molecular weight is 576 g/mol. The molecule has 0 radical (unpaired) electrons. The van der Waals surface area contributed by atoms with E-state index in [-0.39, 0.29) is 0 Å². The smallest absolute Gasteiger partial charge is 0.164 e. The third kappa shape index (κ3) is 4.35. The molecule has 0 atom stereocenters. The normalized spacial score (nSPS) is 11.6. The van der Waals surface area contributed by atoms with Gasteiger partial charge in [0, 0.05) is 27.5 Å². The van der Waals surface area contributed by atoms with Gasteiger partial charge < -0.3 is 4.42 Å². The van der Waals surface area contributed by atoms with Crippen molar-refractivity contribution in [3.8, 4) is 56.4 Å². The highest BCUT2D eigenvalue weighted by Gasteiger charge is 2.19. The summed E-state index contributed by atoms with van der Waals surface area (Å²) in [5.41, 5.74) is 9.30. The standard InChI is InChI=1S/C41H25N3O/c1-3-9-26(10-4-1)27-17-19-28(20-18-27)29-21-23-31(24-22-29)40-42-39(30-11-5-2-6-12-30)43-41(44-40)34-25-32-13-7-15-35-37(32)38-33(34)14-8-16-36(38)45-35/h1-25H. The first kappa shape index (κ1) is 25.4. The number of hydrogen-bond donors (Lipinski definition) is 0. The fourth-order valence-electron chi connectivity index (χ4n) is 6.30. The topological polar surface area (TPSA) is 51.8 Å². The summed E-state index contributed by atoms with van der Waals surface area (Å²) in [4.78, 5) is 15.1. The van der Waals surface area contributed by atoms with Gasteiger partial charge in [-0.3, -0.25) is 0 Å². The van der Waals surface area contributed by atoms with Crippen molar-refractivity contribution in [2.75, 3.05) is 0 Å². The van der Waals surface area contributed by atoms with Crippen molar-refractivity contribution in [3.63, 3.8) is 0 Å². The Balaban J connectivity index is 1.16. The Morgan fingerprint density at radius 2 is 0.822 bits per heavy atom. The molecular formula is C41H25N3O. The number of benzene rings is 7. The van der Waals surface area contributed by atoms with Gasteiger partial charge in [0.1, 0.15) is 11.2 Å². The molecule has 4 nitrogen and oxygen atoms in total. The van der Waals surface area contributed by atoms with E-state index in [0.717, 1.165) is 60.5 Å². The van der Waals surface area contributed by atoms with Gasteiger partial charge in [-0.2, -0.15) is 0 Å². The van der Waals surface area contributed by atoms with Crippen LogP contribution in [0.25, 0.3) is 89.1 Å². The Labute approximate surface area is 259 Å². The van der Waals surface area contributed by atoms with Crippen molar-refractivity contribution in [2.45, 2.75) is 0 Å². The summed E-state index contributed by atoms with van der Waals surface area (Å²) in [7, 11) is 0. The van der Waals surface area contributed by atoms with Crippen LogP contribution in [0, 0.1) is 0 Å². The van der Waals surface area contributed by atoms with Crippen LogP contribution in [-0.2, 0) is 0 Å². The molecule has 45 heavy (non-hydrogen) atoms. The van der Waals surface area contributed by atoms with E-state index in [9.17, 15) is 0 Å². The van der Waals surface area contributed by atoms with Gasteiger partial charge in [0.25, 0.3) is 0 Å². The van der Waals surface area contributed by atoms with Gasteiger partial charge in [-0.1, -0.05) is 133 Å². The lowest BCUT2D eigenvalue weighted by Gasteiger charge is -2.12.